The highest BCUT2D eigenvalue weighted by Gasteiger charge is 2.15. The minimum atomic E-state index is -1.10. The molecule has 3 rings (SSSR count). The van der Waals surface area contributed by atoms with Crippen molar-refractivity contribution in [3.63, 3.8) is 0 Å². The third-order valence-electron chi connectivity index (χ3n) is 4.48. The lowest BCUT2D eigenvalue weighted by molar-refractivity contribution is -0.136. The van der Waals surface area contributed by atoms with Crippen LogP contribution in [0, 0.1) is 12.7 Å². The summed E-state index contributed by atoms with van der Waals surface area (Å²) in [7, 11) is 0. The number of hydrogen-bond donors (Lipinski definition) is 3. The normalized spacial score (nSPS) is 10.6. The summed E-state index contributed by atoms with van der Waals surface area (Å²) in [5.41, 5.74) is 3.76. The zero-order valence-corrected chi connectivity index (χ0v) is 20.6. The highest BCUT2D eigenvalue weighted by atomic mass is 79.9. The fourth-order valence-electron chi connectivity index (χ4n) is 2.72. The number of hydrazone groups is 1. The molecule has 0 radical (unpaired) electrons. The van der Waals surface area contributed by atoms with Gasteiger partial charge in [-0.05, 0) is 55.0 Å². The molecule has 0 heterocycles. The average molecular weight is 562 g/mol. The molecule has 11 heteroatoms. The number of para-hydroxylation sites is 1. The Morgan fingerprint density at radius 1 is 1.06 bits per heavy atom. The standard InChI is InChI=1S/C24H19BrClFN4O4/c1-14-6-8-17(11-18(14)26)29-22(32)13-35-21-9-7-16(25)10-15(21)12-28-31-24(34)23(33)30-20-5-3-2-4-19(20)27/h2-12H,13H2,1H3,(H,29,32)(H,30,33)(H,31,34)/b28-12-. The van der Waals surface area contributed by atoms with Gasteiger partial charge in [-0.2, -0.15) is 5.10 Å². The molecule has 0 aliphatic heterocycles. The Kier molecular flexibility index (Phi) is 8.93. The third kappa shape index (κ3) is 7.62. The topological polar surface area (TPSA) is 109 Å². The number of ether oxygens (including phenoxy) is 1. The first kappa shape index (κ1) is 25.9. The molecule has 0 aliphatic rings. The second-order valence-electron chi connectivity index (χ2n) is 7.12. The summed E-state index contributed by atoms with van der Waals surface area (Å²) in [6, 6.07) is 15.5. The van der Waals surface area contributed by atoms with Gasteiger partial charge in [0, 0.05) is 20.7 Å². The zero-order valence-electron chi connectivity index (χ0n) is 18.3. The summed E-state index contributed by atoms with van der Waals surface area (Å²) in [6.07, 6.45) is 1.24. The Morgan fingerprint density at radius 2 is 1.83 bits per heavy atom. The van der Waals surface area contributed by atoms with Crippen LogP contribution >= 0.6 is 27.5 Å². The van der Waals surface area contributed by atoms with E-state index in [9.17, 15) is 18.8 Å². The number of hydrogen-bond acceptors (Lipinski definition) is 5. The molecule has 35 heavy (non-hydrogen) atoms. The third-order valence-corrected chi connectivity index (χ3v) is 5.38. The van der Waals surface area contributed by atoms with Crippen LogP contribution in [0.15, 0.2) is 70.2 Å². The Labute approximate surface area is 213 Å². The zero-order chi connectivity index (χ0) is 25.4. The van der Waals surface area contributed by atoms with Crippen molar-refractivity contribution in [3.8, 4) is 5.75 Å². The van der Waals surface area contributed by atoms with Crippen LogP contribution in [0.1, 0.15) is 11.1 Å². The van der Waals surface area contributed by atoms with E-state index in [-0.39, 0.29) is 12.3 Å². The largest absolute Gasteiger partial charge is 0.483 e. The molecule has 0 spiro atoms. The van der Waals surface area contributed by atoms with Gasteiger partial charge in [0.25, 0.3) is 5.91 Å². The van der Waals surface area contributed by atoms with Crippen LogP contribution in [0.5, 0.6) is 5.75 Å². The predicted molar refractivity (Wildman–Crippen MR) is 135 cm³/mol. The van der Waals surface area contributed by atoms with Crippen molar-refractivity contribution in [3.05, 3.63) is 87.1 Å². The van der Waals surface area contributed by atoms with Crippen molar-refractivity contribution in [1.29, 1.82) is 0 Å². The van der Waals surface area contributed by atoms with Crippen LogP contribution in [-0.4, -0.2) is 30.5 Å². The lowest BCUT2D eigenvalue weighted by Crippen LogP contribution is -2.32. The van der Waals surface area contributed by atoms with Gasteiger partial charge in [-0.25, -0.2) is 9.82 Å². The van der Waals surface area contributed by atoms with Crippen LogP contribution in [0.25, 0.3) is 0 Å². The number of amides is 3. The van der Waals surface area contributed by atoms with E-state index >= 15 is 0 Å². The predicted octanol–water partition coefficient (Wildman–Crippen LogP) is 4.66. The fraction of sp³-hybridized carbons (Fsp3) is 0.0833. The molecule has 8 nitrogen and oxygen atoms in total. The molecule has 0 fully saturated rings. The maximum absolute atomic E-state index is 13.6. The molecule has 0 bridgehead atoms. The first-order valence-corrected chi connectivity index (χ1v) is 11.3. The highest BCUT2D eigenvalue weighted by molar-refractivity contribution is 9.10. The fourth-order valence-corrected chi connectivity index (χ4v) is 3.27. The van der Waals surface area contributed by atoms with Crippen LogP contribution in [-0.2, 0) is 14.4 Å². The minimum Gasteiger partial charge on any atom is -0.483 e. The minimum absolute atomic E-state index is 0.134. The summed E-state index contributed by atoms with van der Waals surface area (Å²) in [5, 5.41) is 9.11. The molecule has 0 aliphatic carbocycles. The molecule has 0 saturated carbocycles. The molecule has 0 unspecified atom stereocenters. The summed E-state index contributed by atoms with van der Waals surface area (Å²) in [6.45, 7) is 1.55. The van der Waals surface area contributed by atoms with Crippen LogP contribution in [0.2, 0.25) is 5.02 Å². The average Bonchev–Trinajstić information content (AvgIpc) is 2.82. The van der Waals surface area contributed by atoms with Crippen molar-refractivity contribution >= 4 is 62.8 Å². The number of aryl methyl sites for hydroxylation is 1. The Balaban J connectivity index is 1.58. The Hall–Kier alpha value is -3.76. The van der Waals surface area contributed by atoms with E-state index in [0.29, 0.717) is 26.5 Å². The van der Waals surface area contributed by atoms with Gasteiger partial charge in [-0.1, -0.05) is 45.7 Å². The second-order valence-corrected chi connectivity index (χ2v) is 8.44. The van der Waals surface area contributed by atoms with Gasteiger partial charge in [-0.15, -0.1) is 0 Å². The number of halogens is 3. The lowest BCUT2D eigenvalue weighted by Gasteiger charge is -2.11. The van der Waals surface area contributed by atoms with Crippen molar-refractivity contribution in [2.45, 2.75) is 6.92 Å². The Bertz CT molecular complexity index is 1300. The van der Waals surface area contributed by atoms with Crippen molar-refractivity contribution in [1.82, 2.24) is 5.43 Å². The molecule has 0 atom stereocenters. The maximum atomic E-state index is 13.6. The first-order chi connectivity index (χ1) is 16.7. The van der Waals surface area contributed by atoms with E-state index in [4.69, 9.17) is 16.3 Å². The van der Waals surface area contributed by atoms with E-state index in [1.807, 2.05) is 6.92 Å². The summed E-state index contributed by atoms with van der Waals surface area (Å²) in [4.78, 5) is 36.2. The summed E-state index contributed by atoms with van der Waals surface area (Å²) < 4.78 is 19.9. The van der Waals surface area contributed by atoms with Crippen molar-refractivity contribution in [2.75, 3.05) is 17.2 Å². The van der Waals surface area contributed by atoms with Gasteiger partial charge < -0.3 is 15.4 Å². The van der Waals surface area contributed by atoms with E-state index < -0.39 is 23.5 Å². The molecule has 0 saturated heterocycles. The van der Waals surface area contributed by atoms with Crippen molar-refractivity contribution in [2.24, 2.45) is 5.10 Å². The van der Waals surface area contributed by atoms with Crippen LogP contribution in [0.3, 0.4) is 0 Å². The molecule has 3 N–H and O–H groups in total. The summed E-state index contributed by atoms with van der Waals surface area (Å²) >= 11 is 9.40. The molecule has 0 aromatic heterocycles. The quantitative estimate of drug-likeness (QED) is 0.222. The van der Waals surface area contributed by atoms with Crippen LogP contribution < -0.4 is 20.8 Å². The Morgan fingerprint density at radius 3 is 2.57 bits per heavy atom. The number of nitrogens with one attached hydrogen (secondary N) is 3. The molecular formula is C24H19BrClFN4O4. The number of anilines is 2. The van der Waals surface area contributed by atoms with Crippen molar-refractivity contribution < 1.29 is 23.5 Å². The van der Waals surface area contributed by atoms with Gasteiger partial charge in [0.15, 0.2) is 6.61 Å². The number of carbonyl (C=O) groups excluding carboxylic acids is 3. The monoisotopic (exact) mass is 560 g/mol. The van der Waals surface area contributed by atoms with Gasteiger partial charge in [0.1, 0.15) is 11.6 Å². The molecule has 180 valence electrons. The highest BCUT2D eigenvalue weighted by Crippen LogP contribution is 2.23. The number of carbonyl (C=O) groups is 3. The molecule has 3 aromatic carbocycles. The van der Waals surface area contributed by atoms with Gasteiger partial charge in [-0.3, -0.25) is 14.4 Å². The van der Waals surface area contributed by atoms with E-state index in [0.717, 1.165) is 11.6 Å². The SMILES string of the molecule is Cc1ccc(NC(=O)COc2ccc(Br)cc2/C=N\NC(=O)C(=O)Nc2ccccc2F)cc1Cl. The maximum Gasteiger partial charge on any atom is 0.329 e. The molecule has 3 aromatic rings. The van der Waals surface area contributed by atoms with Crippen LogP contribution in [0.4, 0.5) is 15.8 Å². The number of benzene rings is 3. The van der Waals surface area contributed by atoms with Gasteiger partial charge >= 0.3 is 11.8 Å². The second kappa shape index (κ2) is 12.1. The van der Waals surface area contributed by atoms with Gasteiger partial charge in [0.2, 0.25) is 0 Å². The smallest absolute Gasteiger partial charge is 0.329 e. The number of nitrogens with zero attached hydrogens (tertiary/aromatic N) is 1. The lowest BCUT2D eigenvalue weighted by atomic mass is 10.2. The molecule has 3 amide bonds. The summed E-state index contributed by atoms with van der Waals surface area (Å²) in [5.74, 6) is -2.97. The molecular weight excluding hydrogens is 543 g/mol. The van der Waals surface area contributed by atoms with E-state index in [1.165, 1.54) is 24.4 Å². The van der Waals surface area contributed by atoms with Gasteiger partial charge in [0.05, 0.1) is 11.9 Å². The van der Waals surface area contributed by atoms with E-state index in [1.54, 1.807) is 36.4 Å². The first-order valence-electron chi connectivity index (χ1n) is 10.1. The number of rotatable bonds is 7. The van der Waals surface area contributed by atoms with E-state index in [2.05, 4.69) is 37.1 Å².